The number of aromatic hydroxyl groups is 1. The van der Waals surface area contributed by atoms with E-state index in [4.69, 9.17) is 16.8 Å². The summed E-state index contributed by atoms with van der Waals surface area (Å²) in [5, 5.41) is 12.5. The van der Waals surface area contributed by atoms with E-state index in [1.165, 1.54) is 16.7 Å². The van der Waals surface area contributed by atoms with Crippen molar-refractivity contribution in [1.82, 2.24) is 14.5 Å². The molecule has 0 aliphatic rings. The van der Waals surface area contributed by atoms with Gasteiger partial charge in [0.2, 0.25) is 0 Å². The molecule has 6 aromatic carbocycles. The van der Waals surface area contributed by atoms with Crippen LogP contribution in [-0.4, -0.2) is 19.6 Å². The maximum Gasteiger partial charge on any atom is 0.149 e. The second-order valence-corrected chi connectivity index (χ2v) is 19.1. The van der Waals surface area contributed by atoms with Gasteiger partial charge in [0.15, 0.2) is 0 Å². The fourth-order valence-corrected chi connectivity index (χ4v) is 8.21. The van der Waals surface area contributed by atoms with E-state index in [0.717, 1.165) is 44.6 Å². The van der Waals surface area contributed by atoms with Crippen molar-refractivity contribution in [3.05, 3.63) is 167 Å². The van der Waals surface area contributed by atoms with Gasteiger partial charge in [-0.25, -0.2) is 4.98 Å². The molecular formula is C56H57N3O. The molecule has 0 radical (unpaired) electrons. The Balaban J connectivity index is 1.47. The Labute approximate surface area is 363 Å². The summed E-state index contributed by atoms with van der Waals surface area (Å²) in [6.07, 6.45) is 1.88. The fourth-order valence-electron chi connectivity index (χ4n) is 8.21. The Bertz CT molecular complexity index is 3150. The maximum atomic E-state index is 12.5. The van der Waals surface area contributed by atoms with E-state index < -0.39 is 23.5 Å². The molecule has 0 amide bonds. The van der Waals surface area contributed by atoms with Crippen LogP contribution in [-0.2, 0) is 16.2 Å². The minimum Gasteiger partial charge on any atom is -0.507 e. The van der Waals surface area contributed by atoms with Crippen LogP contribution in [0.25, 0.3) is 72.7 Å². The number of pyridine rings is 1. The van der Waals surface area contributed by atoms with Crippen LogP contribution in [0.2, 0.25) is 0 Å². The first-order valence-corrected chi connectivity index (χ1v) is 20.7. The van der Waals surface area contributed by atoms with Crippen LogP contribution >= 0.6 is 0 Å². The van der Waals surface area contributed by atoms with Crippen LogP contribution in [0.1, 0.15) is 97.0 Å². The van der Waals surface area contributed by atoms with Gasteiger partial charge < -0.3 is 5.11 Å². The third-order valence-corrected chi connectivity index (χ3v) is 11.6. The highest BCUT2D eigenvalue weighted by atomic mass is 16.3. The van der Waals surface area contributed by atoms with E-state index in [1.807, 2.05) is 47.2 Å². The molecule has 4 nitrogen and oxygen atoms in total. The number of nitrogens with zero attached hydrogens (tertiary/aromatic N) is 3. The van der Waals surface area contributed by atoms with Crippen molar-refractivity contribution in [2.24, 2.45) is 0 Å². The van der Waals surface area contributed by atoms with Crippen molar-refractivity contribution in [3.63, 3.8) is 0 Å². The molecule has 0 spiro atoms. The Morgan fingerprint density at radius 2 is 1.20 bits per heavy atom. The Morgan fingerprint density at radius 1 is 0.567 bits per heavy atom. The molecule has 0 atom stereocenters. The van der Waals surface area contributed by atoms with Gasteiger partial charge in [-0.1, -0.05) is 153 Å². The summed E-state index contributed by atoms with van der Waals surface area (Å²) >= 11 is 0. The third-order valence-electron chi connectivity index (χ3n) is 11.6. The average molecular weight is 793 g/mol. The minimum atomic E-state index is -0.456. The number of para-hydroxylation sites is 2. The van der Waals surface area contributed by atoms with Crippen molar-refractivity contribution in [2.45, 2.75) is 92.4 Å². The molecule has 2 heterocycles. The summed E-state index contributed by atoms with van der Waals surface area (Å²) in [6.45, 7) is 23.6. The smallest absolute Gasteiger partial charge is 0.149 e. The van der Waals surface area contributed by atoms with Gasteiger partial charge in [0.05, 0.1) is 34.8 Å². The topological polar surface area (TPSA) is 50.9 Å². The van der Waals surface area contributed by atoms with E-state index in [9.17, 15) is 5.11 Å². The predicted octanol–water partition coefficient (Wildman–Crippen LogP) is 15.0. The molecule has 2 aromatic heterocycles. The van der Waals surface area contributed by atoms with E-state index in [1.54, 1.807) is 6.07 Å². The monoisotopic (exact) mass is 792 g/mol. The lowest BCUT2D eigenvalue weighted by molar-refractivity contribution is 0.446. The standard InChI is InChI=1S/C56H57N3O/c1-35-19-17-20-36(2)50(35)38-27-28-57-47(32-38)40-29-39(30-41(31-40)54(3,4)5)44-24-18-26-49-51(44)58-53(45-33-42(55(6,7)8)34-46(52(45)60)56(9,10)11)59(49)48-25-16-15-23-43(48)37-21-13-12-14-22-37/h12-34,60H,1-11H3/i12D,13D,14D,21D,22D. The zero-order valence-electron chi connectivity index (χ0n) is 41.7. The quantitative estimate of drug-likeness (QED) is 0.182. The van der Waals surface area contributed by atoms with Gasteiger partial charge in [-0.2, -0.15) is 0 Å². The van der Waals surface area contributed by atoms with E-state index >= 15 is 0 Å². The molecule has 302 valence electrons. The summed E-state index contributed by atoms with van der Waals surface area (Å²) in [4.78, 5) is 10.5. The molecule has 8 aromatic rings. The van der Waals surface area contributed by atoms with Crippen molar-refractivity contribution in [2.75, 3.05) is 0 Å². The number of aryl methyl sites for hydroxylation is 2. The highest BCUT2D eigenvalue weighted by Gasteiger charge is 2.29. The minimum absolute atomic E-state index is 0.0803. The van der Waals surface area contributed by atoms with Gasteiger partial charge in [-0.15, -0.1) is 0 Å². The fraction of sp³-hybridized carbons (Fsp3) is 0.250. The Kier molecular flexibility index (Phi) is 8.70. The second-order valence-electron chi connectivity index (χ2n) is 19.1. The lowest BCUT2D eigenvalue weighted by Crippen LogP contribution is -2.17. The van der Waals surface area contributed by atoms with E-state index in [2.05, 4.69) is 137 Å². The van der Waals surface area contributed by atoms with Crippen molar-refractivity contribution < 1.29 is 12.0 Å². The number of hydrogen-bond donors (Lipinski definition) is 1. The number of hydrogen-bond acceptors (Lipinski definition) is 3. The molecule has 0 aliphatic heterocycles. The normalized spacial score (nSPS) is 13.5. The molecule has 0 saturated carbocycles. The van der Waals surface area contributed by atoms with Crippen LogP contribution in [0.15, 0.2) is 140 Å². The summed E-state index contributed by atoms with van der Waals surface area (Å²) in [7, 11) is 0. The number of imidazole rings is 1. The van der Waals surface area contributed by atoms with Crippen LogP contribution in [0, 0.1) is 13.8 Å². The highest BCUT2D eigenvalue weighted by molar-refractivity contribution is 5.98. The first kappa shape index (κ1) is 34.6. The van der Waals surface area contributed by atoms with Crippen molar-refractivity contribution in [3.8, 4) is 67.5 Å². The van der Waals surface area contributed by atoms with E-state index in [-0.39, 0.29) is 34.2 Å². The summed E-state index contributed by atoms with van der Waals surface area (Å²) in [5.74, 6) is 0.562. The second kappa shape index (κ2) is 15.1. The lowest BCUT2D eigenvalue weighted by atomic mass is 9.79. The molecule has 0 unspecified atom stereocenters. The maximum absolute atomic E-state index is 12.5. The zero-order valence-corrected chi connectivity index (χ0v) is 36.7. The molecule has 0 saturated heterocycles. The molecule has 1 N–H and O–H groups in total. The van der Waals surface area contributed by atoms with Crippen molar-refractivity contribution >= 4 is 11.0 Å². The Morgan fingerprint density at radius 3 is 1.88 bits per heavy atom. The highest BCUT2D eigenvalue weighted by Crippen LogP contribution is 2.46. The summed E-state index contributed by atoms with van der Waals surface area (Å²) in [5.41, 5.74) is 13.3. The molecule has 0 fully saturated rings. The number of phenols is 1. The molecule has 60 heavy (non-hydrogen) atoms. The van der Waals surface area contributed by atoms with Crippen LogP contribution in [0.5, 0.6) is 5.75 Å². The number of benzene rings is 6. The predicted molar refractivity (Wildman–Crippen MR) is 253 cm³/mol. The first-order valence-electron chi connectivity index (χ1n) is 23.2. The first-order chi connectivity index (χ1) is 30.5. The number of rotatable bonds is 6. The summed E-state index contributed by atoms with van der Waals surface area (Å²) in [6, 6.07) is 32.9. The molecular weight excluding hydrogens is 731 g/mol. The van der Waals surface area contributed by atoms with Gasteiger partial charge in [0, 0.05) is 28.5 Å². The van der Waals surface area contributed by atoms with E-state index in [0.29, 0.717) is 33.7 Å². The van der Waals surface area contributed by atoms with Crippen LogP contribution in [0.3, 0.4) is 0 Å². The van der Waals surface area contributed by atoms with Gasteiger partial charge in [-0.3, -0.25) is 9.55 Å². The average Bonchev–Trinajstić information content (AvgIpc) is 3.63. The van der Waals surface area contributed by atoms with Gasteiger partial charge in [-0.05, 0) is 117 Å². The number of aromatic nitrogens is 3. The molecule has 8 rings (SSSR count). The van der Waals surface area contributed by atoms with Gasteiger partial charge in [0.1, 0.15) is 11.6 Å². The van der Waals surface area contributed by atoms with Crippen molar-refractivity contribution in [1.29, 1.82) is 0 Å². The molecule has 0 bridgehead atoms. The van der Waals surface area contributed by atoms with Crippen LogP contribution in [0.4, 0.5) is 0 Å². The van der Waals surface area contributed by atoms with Crippen LogP contribution < -0.4 is 0 Å². The SMILES string of the molecule is [2H]c1c([2H])c([2H])c(-c2ccccc2-n2c(-c3cc(C(C)(C)C)cc(C(C)(C)C)c3O)nc3c(-c4cc(-c5cc(-c6c(C)cccc6C)ccn5)cc(C(C)(C)C)c4)cccc32)c([2H])c1[2H]. The Hall–Kier alpha value is -6.26. The lowest BCUT2D eigenvalue weighted by Gasteiger charge is -2.27. The van der Waals surface area contributed by atoms with Gasteiger partial charge >= 0.3 is 0 Å². The zero-order chi connectivity index (χ0) is 47.1. The third kappa shape index (κ3) is 7.56. The largest absolute Gasteiger partial charge is 0.507 e. The number of fused-ring (bicyclic) bond motifs is 1. The molecule has 0 aliphatic carbocycles. The summed E-state index contributed by atoms with van der Waals surface area (Å²) < 4.78 is 45.7. The molecule has 4 heteroatoms. The van der Waals surface area contributed by atoms with Gasteiger partial charge in [0.25, 0.3) is 0 Å². The number of phenolic OH excluding ortho intramolecular Hbond substituents is 1.